The summed E-state index contributed by atoms with van der Waals surface area (Å²) in [5, 5.41) is 12.8. The van der Waals surface area contributed by atoms with E-state index in [1.807, 2.05) is 12.2 Å². The van der Waals surface area contributed by atoms with E-state index >= 15 is 0 Å². The van der Waals surface area contributed by atoms with Gasteiger partial charge in [0.2, 0.25) is 5.43 Å². The molecule has 7 nitrogen and oxygen atoms in total. The Labute approximate surface area is 170 Å². The zero-order chi connectivity index (χ0) is 21.6. The average molecular weight is 415 g/mol. The van der Waals surface area contributed by atoms with Crippen molar-refractivity contribution in [2.24, 2.45) is 0 Å². The van der Waals surface area contributed by atoms with Crippen molar-refractivity contribution in [1.29, 1.82) is 0 Å². The van der Waals surface area contributed by atoms with Gasteiger partial charge in [-0.25, -0.2) is 8.78 Å². The minimum Gasteiger partial charge on any atom is -0.503 e. The first-order chi connectivity index (χ1) is 14.3. The molecule has 0 radical (unpaired) electrons. The van der Waals surface area contributed by atoms with Crippen LogP contribution >= 0.6 is 0 Å². The van der Waals surface area contributed by atoms with Crippen LogP contribution in [-0.2, 0) is 13.1 Å². The number of nitrogens with zero attached hydrogens (tertiary/aromatic N) is 2. The maximum Gasteiger partial charge on any atom is 0.275 e. The van der Waals surface area contributed by atoms with E-state index in [0.717, 1.165) is 6.07 Å². The van der Waals surface area contributed by atoms with E-state index in [-0.39, 0.29) is 35.0 Å². The van der Waals surface area contributed by atoms with Crippen LogP contribution in [0, 0.1) is 18.6 Å². The average Bonchev–Trinajstić information content (AvgIpc) is 2.74. The number of nitrogens with one attached hydrogen (secondary N) is 1. The van der Waals surface area contributed by atoms with Crippen molar-refractivity contribution >= 4 is 11.8 Å². The predicted octanol–water partition coefficient (Wildman–Crippen LogP) is 1.85. The summed E-state index contributed by atoms with van der Waals surface area (Å²) in [6, 6.07) is 2.16. The van der Waals surface area contributed by atoms with Gasteiger partial charge in [0.15, 0.2) is 11.4 Å². The highest BCUT2D eigenvalue weighted by atomic mass is 19.1. The summed E-state index contributed by atoms with van der Waals surface area (Å²) >= 11 is 0. The summed E-state index contributed by atoms with van der Waals surface area (Å²) in [6.45, 7) is 1.73. The van der Waals surface area contributed by atoms with Gasteiger partial charge < -0.3 is 19.9 Å². The smallest absolute Gasteiger partial charge is 0.275 e. The minimum atomic E-state index is -0.978. The number of aromatic nitrogens is 1. The fourth-order valence-electron chi connectivity index (χ4n) is 3.81. The molecule has 1 aromatic carbocycles. The zero-order valence-electron chi connectivity index (χ0n) is 16.1. The van der Waals surface area contributed by atoms with Crippen LogP contribution in [0.5, 0.6) is 5.75 Å². The maximum atomic E-state index is 14.1. The normalized spacial score (nSPS) is 17.5. The molecular formula is C21H19F2N3O4. The molecule has 2 aromatic rings. The lowest BCUT2D eigenvalue weighted by molar-refractivity contribution is 0.0602. The first-order valence-electron chi connectivity index (χ1n) is 9.43. The van der Waals surface area contributed by atoms with Gasteiger partial charge in [0, 0.05) is 37.0 Å². The summed E-state index contributed by atoms with van der Waals surface area (Å²) in [5.41, 5.74) is -1.59. The van der Waals surface area contributed by atoms with Crippen LogP contribution < -0.4 is 10.7 Å². The van der Waals surface area contributed by atoms with E-state index in [9.17, 15) is 28.3 Å². The molecule has 0 saturated carbocycles. The molecule has 1 aromatic heterocycles. The Morgan fingerprint density at radius 3 is 2.80 bits per heavy atom. The number of amides is 2. The van der Waals surface area contributed by atoms with Crippen molar-refractivity contribution in [2.75, 3.05) is 6.54 Å². The van der Waals surface area contributed by atoms with E-state index in [4.69, 9.17) is 0 Å². The van der Waals surface area contributed by atoms with E-state index in [2.05, 4.69) is 5.32 Å². The van der Waals surface area contributed by atoms with Crippen LogP contribution in [-0.4, -0.2) is 39.0 Å². The van der Waals surface area contributed by atoms with Gasteiger partial charge in [-0.05, 0) is 19.4 Å². The molecule has 2 aliphatic heterocycles. The topological polar surface area (TPSA) is 91.6 Å². The predicted molar refractivity (Wildman–Crippen MR) is 103 cm³/mol. The molecular weight excluding hydrogens is 396 g/mol. The summed E-state index contributed by atoms with van der Waals surface area (Å²) in [7, 11) is 0. The van der Waals surface area contributed by atoms with Gasteiger partial charge in [0.1, 0.15) is 17.2 Å². The Morgan fingerprint density at radius 2 is 2.03 bits per heavy atom. The number of carbonyl (C=O) groups excluding carboxylic acids is 2. The molecule has 0 fully saturated rings. The number of fused-ring (bicyclic) bond motifs is 2. The van der Waals surface area contributed by atoms with Crippen LogP contribution in [0.15, 0.2) is 35.3 Å². The fourth-order valence-corrected chi connectivity index (χ4v) is 3.81. The van der Waals surface area contributed by atoms with Crippen molar-refractivity contribution in [1.82, 2.24) is 14.8 Å². The van der Waals surface area contributed by atoms with Crippen LogP contribution in [0.25, 0.3) is 0 Å². The molecule has 4 rings (SSSR count). The molecule has 3 heterocycles. The van der Waals surface area contributed by atoms with Gasteiger partial charge in [-0.15, -0.1) is 0 Å². The second-order valence-electron chi connectivity index (χ2n) is 7.37. The highest BCUT2D eigenvalue weighted by Gasteiger charge is 2.36. The van der Waals surface area contributed by atoms with Crippen LogP contribution in [0.3, 0.4) is 0 Å². The van der Waals surface area contributed by atoms with Crippen molar-refractivity contribution in [3.63, 3.8) is 0 Å². The van der Waals surface area contributed by atoms with Gasteiger partial charge >= 0.3 is 0 Å². The molecule has 30 heavy (non-hydrogen) atoms. The molecule has 0 spiro atoms. The highest BCUT2D eigenvalue weighted by molar-refractivity contribution is 5.99. The third-order valence-electron chi connectivity index (χ3n) is 5.53. The van der Waals surface area contributed by atoms with Crippen LogP contribution in [0.2, 0.25) is 0 Å². The highest BCUT2D eigenvalue weighted by Crippen LogP contribution is 2.26. The monoisotopic (exact) mass is 415 g/mol. The number of hydrogen-bond acceptors (Lipinski definition) is 4. The number of hydrogen-bond donors (Lipinski definition) is 2. The Morgan fingerprint density at radius 1 is 1.27 bits per heavy atom. The van der Waals surface area contributed by atoms with E-state index in [0.29, 0.717) is 19.5 Å². The summed E-state index contributed by atoms with van der Waals surface area (Å²) < 4.78 is 28.9. The van der Waals surface area contributed by atoms with Gasteiger partial charge in [-0.2, -0.15) is 0 Å². The molecule has 1 unspecified atom stereocenters. The Kier molecular flexibility index (Phi) is 4.89. The van der Waals surface area contributed by atoms with E-state index < -0.39 is 34.6 Å². The number of benzene rings is 1. The summed E-state index contributed by atoms with van der Waals surface area (Å²) in [4.78, 5) is 39.4. The lowest BCUT2D eigenvalue weighted by Crippen LogP contribution is -2.50. The third kappa shape index (κ3) is 3.16. The lowest BCUT2D eigenvalue weighted by atomic mass is 10.0. The first kappa shape index (κ1) is 19.8. The largest absolute Gasteiger partial charge is 0.503 e. The summed E-state index contributed by atoms with van der Waals surface area (Å²) in [5.74, 6) is -3.57. The number of aromatic hydroxyl groups is 1. The second kappa shape index (κ2) is 7.40. The van der Waals surface area contributed by atoms with Gasteiger partial charge in [-0.3, -0.25) is 14.4 Å². The molecule has 0 aliphatic carbocycles. The first-order valence-corrected chi connectivity index (χ1v) is 9.43. The summed E-state index contributed by atoms with van der Waals surface area (Å²) in [6.07, 6.45) is 5.67. The molecule has 2 amide bonds. The number of halogens is 2. The Hall–Kier alpha value is -3.49. The quantitative estimate of drug-likeness (QED) is 0.749. The van der Waals surface area contributed by atoms with Gasteiger partial charge in [-0.1, -0.05) is 18.2 Å². The third-order valence-corrected chi connectivity index (χ3v) is 5.53. The van der Waals surface area contributed by atoms with Crippen molar-refractivity contribution in [2.45, 2.75) is 32.5 Å². The molecule has 1 atom stereocenters. The van der Waals surface area contributed by atoms with E-state index in [1.165, 1.54) is 23.8 Å². The number of rotatable bonds is 3. The number of pyridine rings is 1. The van der Waals surface area contributed by atoms with Gasteiger partial charge in [0.05, 0.1) is 6.04 Å². The van der Waals surface area contributed by atoms with E-state index in [1.54, 1.807) is 4.90 Å². The van der Waals surface area contributed by atoms with Crippen LogP contribution in [0.4, 0.5) is 8.78 Å². The van der Waals surface area contributed by atoms with Crippen molar-refractivity contribution in [3.8, 4) is 5.75 Å². The number of carbonyl (C=O) groups is 2. The molecule has 2 N–H and O–H groups in total. The maximum absolute atomic E-state index is 14.1. The second-order valence-corrected chi connectivity index (χ2v) is 7.37. The Balaban J connectivity index is 1.62. The Bertz CT molecular complexity index is 1160. The molecule has 0 bridgehead atoms. The fraction of sp³-hybridized carbons (Fsp3) is 0.286. The standard InChI is InChI=1S/C21H19F2N3O4/c1-11-15(22)6-5-12(16(11)23)8-24-20(29)14-10-25-9-13-4-2-3-7-26(13)21(30)17(25)19(28)18(14)27/h2-3,5-6,10,13,28H,4,7-9H2,1H3,(H,24,29). The minimum absolute atomic E-state index is 0.0596. The SMILES string of the molecule is Cc1c(F)ccc(CNC(=O)c2cn3c(c(O)c2=O)C(=O)N2CC=CCC2C3)c1F. The van der Waals surface area contributed by atoms with Gasteiger partial charge in [0.25, 0.3) is 11.8 Å². The molecule has 0 saturated heterocycles. The molecule has 9 heteroatoms. The van der Waals surface area contributed by atoms with Crippen molar-refractivity contribution < 1.29 is 23.5 Å². The zero-order valence-corrected chi connectivity index (χ0v) is 16.1. The molecule has 156 valence electrons. The van der Waals surface area contributed by atoms with Crippen molar-refractivity contribution in [3.05, 3.63) is 74.7 Å². The van der Waals surface area contributed by atoms with Crippen LogP contribution in [0.1, 0.15) is 38.4 Å². The lowest BCUT2D eigenvalue weighted by Gasteiger charge is -2.38. The molecule has 2 aliphatic rings.